The summed E-state index contributed by atoms with van der Waals surface area (Å²) in [5.41, 5.74) is 11.6. The van der Waals surface area contributed by atoms with Crippen LogP contribution in [0.15, 0.2) is 199 Å². The van der Waals surface area contributed by atoms with Gasteiger partial charge in [0.2, 0.25) is 0 Å². The van der Waals surface area contributed by atoms with Gasteiger partial charge in [0.25, 0.3) is 0 Å². The van der Waals surface area contributed by atoms with Crippen LogP contribution < -0.4 is 4.40 Å². The molecule has 8 aromatic carbocycles. The van der Waals surface area contributed by atoms with E-state index in [1.165, 1.54) is 10.5 Å². The average molecular weight is 1090 g/mol. The molecule has 0 spiro atoms. The standard InChI is InChI=1S/C44H28FN2O.C14H16GeN.Ir/c1-28-15-17-32(18-16-28)35-25-26-37(43-41(35)36-24-21-33(27-40(36)48-43)30-11-6-3-7-12-30)44-46-39-14-8-13-38(45)42(39)47(44)34-22-19-31(20-23-34)29-9-4-2-5-10-29;1-15(2,3)13-9-10-14(16-11-13)12-7-5-4-6-8-12;/h2-25,27H,1H3;4-7,9-11H,1-3H3;/q2*-1;/i1D3;;. The van der Waals surface area contributed by atoms with Gasteiger partial charge in [-0.2, -0.15) is 0 Å². The van der Waals surface area contributed by atoms with Gasteiger partial charge >= 0.3 is 99.8 Å². The van der Waals surface area contributed by atoms with E-state index in [4.69, 9.17) is 13.5 Å². The molecule has 0 saturated heterocycles. The van der Waals surface area contributed by atoms with E-state index in [0.717, 1.165) is 61.1 Å². The maximum atomic E-state index is 15.8. The van der Waals surface area contributed by atoms with Gasteiger partial charge in [-0.25, -0.2) is 4.39 Å². The molecule has 11 rings (SSSR count). The summed E-state index contributed by atoms with van der Waals surface area (Å²) >= 11 is -1.72. The van der Waals surface area contributed by atoms with Crippen molar-refractivity contribution in [3.63, 3.8) is 0 Å². The van der Waals surface area contributed by atoms with E-state index in [-0.39, 0.29) is 25.7 Å². The van der Waals surface area contributed by atoms with Crippen LogP contribution in [0.1, 0.15) is 9.68 Å². The third-order valence-corrected chi connectivity index (χ3v) is 15.8. The smallest absolute Gasteiger partial charge is 0 e. The molecule has 3 aromatic heterocycles. The Balaban J connectivity index is 0.000000289. The minimum absolute atomic E-state index is 0. The zero-order valence-electron chi connectivity index (χ0n) is 38.9. The molecule has 65 heavy (non-hydrogen) atoms. The molecule has 4 nitrogen and oxygen atoms in total. The second-order valence-corrected chi connectivity index (χ2v) is 27.4. The number of rotatable bonds is 7. The molecule has 1 radical (unpaired) electrons. The Hall–Kier alpha value is -6.70. The molecule has 0 aliphatic rings. The maximum absolute atomic E-state index is 15.8. The van der Waals surface area contributed by atoms with E-state index in [1.54, 1.807) is 24.3 Å². The Bertz CT molecular complexity index is 3520. The first-order valence-electron chi connectivity index (χ1n) is 22.7. The molecule has 0 fully saturated rings. The van der Waals surface area contributed by atoms with E-state index >= 15 is 4.39 Å². The summed E-state index contributed by atoms with van der Waals surface area (Å²) in [6.45, 7) is -2.21. The van der Waals surface area contributed by atoms with Crippen LogP contribution in [0.3, 0.4) is 0 Å². The number of para-hydroxylation sites is 1. The molecule has 319 valence electrons. The topological polar surface area (TPSA) is 43.9 Å². The van der Waals surface area contributed by atoms with Crippen molar-refractivity contribution < 1.29 is 33.0 Å². The summed E-state index contributed by atoms with van der Waals surface area (Å²) in [6.07, 6.45) is 2.04. The molecule has 0 N–H and O–H groups in total. The van der Waals surface area contributed by atoms with Gasteiger partial charge in [0.15, 0.2) is 0 Å². The molecule has 11 aromatic rings. The summed E-state index contributed by atoms with van der Waals surface area (Å²) in [6, 6.07) is 67.0. The first-order valence-corrected chi connectivity index (χ1v) is 28.6. The summed E-state index contributed by atoms with van der Waals surface area (Å²) in [7, 11) is 0. The van der Waals surface area contributed by atoms with E-state index in [9.17, 15) is 0 Å². The first-order chi connectivity index (χ1) is 32.4. The van der Waals surface area contributed by atoms with Gasteiger partial charge in [0.1, 0.15) is 11.4 Å². The van der Waals surface area contributed by atoms with Crippen LogP contribution in [0.5, 0.6) is 0 Å². The van der Waals surface area contributed by atoms with Crippen molar-refractivity contribution in [2.45, 2.75) is 24.1 Å². The Morgan fingerprint density at radius 1 is 0.662 bits per heavy atom. The number of fused-ring (bicyclic) bond motifs is 4. The van der Waals surface area contributed by atoms with Crippen LogP contribution in [0, 0.1) is 24.8 Å². The van der Waals surface area contributed by atoms with E-state index < -0.39 is 25.9 Å². The fourth-order valence-electron chi connectivity index (χ4n) is 8.16. The molecule has 3 heterocycles. The SMILES string of the molecule is [2H]C([2H])([2H])c1ccc(-c2c[c-]c(-c3nc4cccc(F)c4n3-c3ccc(-c4ccccc4)cc3)c3oc4cc(-c5ccccc5)ccc4c23)cc1.[CH3][Ge]([CH3])([CH3])[c]1ccc(-c2[c-]cccc2)nc1.[Ir]. The quantitative estimate of drug-likeness (QED) is 0.118. The largest absolute Gasteiger partial charge is 0 e. The van der Waals surface area contributed by atoms with Gasteiger partial charge in [-0.1, -0.05) is 138 Å². The zero-order chi connectivity index (χ0) is 46.3. The number of imidazole rings is 1. The van der Waals surface area contributed by atoms with Gasteiger partial charge in [-0.15, -0.1) is 12.1 Å². The Morgan fingerprint density at radius 3 is 2.00 bits per heavy atom. The van der Waals surface area contributed by atoms with Gasteiger partial charge in [0.05, 0.1) is 22.4 Å². The molecule has 0 amide bonds. The Labute approximate surface area is 399 Å². The summed E-state index contributed by atoms with van der Waals surface area (Å²) in [4.78, 5) is 9.53. The van der Waals surface area contributed by atoms with Gasteiger partial charge in [-0.3, -0.25) is 4.98 Å². The number of nitrogens with zero attached hydrogens (tertiary/aromatic N) is 3. The number of hydrogen-bond donors (Lipinski definition) is 0. The summed E-state index contributed by atoms with van der Waals surface area (Å²) in [5, 5.41) is 1.72. The molecule has 7 heteroatoms. The molecule has 0 unspecified atom stereocenters. The Kier molecular flexibility index (Phi) is 11.3. The summed E-state index contributed by atoms with van der Waals surface area (Å²) < 4.78 is 49.4. The third-order valence-electron chi connectivity index (χ3n) is 11.5. The van der Waals surface area contributed by atoms with Crippen LogP contribution in [0.2, 0.25) is 17.3 Å². The number of pyridine rings is 1. The van der Waals surface area contributed by atoms with E-state index in [0.29, 0.717) is 33.6 Å². The minimum atomic E-state index is -2.21. The third kappa shape index (κ3) is 8.78. The van der Waals surface area contributed by atoms with Crippen molar-refractivity contribution >= 4 is 50.6 Å². The number of furan rings is 1. The van der Waals surface area contributed by atoms with Crippen LogP contribution >= 0.6 is 0 Å². The van der Waals surface area contributed by atoms with Gasteiger partial charge in [0, 0.05) is 35.3 Å². The number of aryl methyl sites for hydroxylation is 1. The molecule has 0 aliphatic heterocycles. The van der Waals surface area contributed by atoms with Gasteiger partial charge in [-0.05, 0) is 64.8 Å². The van der Waals surface area contributed by atoms with Crippen LogP contribution in [0.25, 0.3) is 94.7 Å². The van der Waals surface area contributed by atoms with Crippen LogP contribution in [-0.2, 0) is 20.1 Å². The molecule has 0 aliphatic carbocycles. The molecular formula is C58H44FGeIrN3O-2. The number of benzene rings is 8. The van der Waals surface area contributed by atoms with Crippen molar-refractivity contribution in [3.8, 4) is 61.7 Å². The fourth-order valence-corrected chi connectivity index (χ4v) is 10.3. The number of hydrogen-bond acceptors (Lipinski definition) is 3. The molecule has 0 atom stereocenters. The van der Waals surface area contributed by atoms with Crippen LogP contribution in [-0.4, -0.2) is 27.8 Å². The van der Waals surface area contributed by atoms with Crippen molar-refractivity contribution in [3.05, 3.63) is 218 Å². The average Bonchev–Trinajstić information content (AvgIpc) is 3.94. The van der Waals surface area contributed by atoms with E-state index in [2.05, 4.69) is 82.9 Å². The number of halogens is 1. The van der Waals surface area contributed by atoms with Crippen molar-refractivity contribution in [2.75, 3.05) is 0 Å². The second-order valence-electron chi connectivity index (χ2n) is 16.8. The monoisotopic (exact) mass is 1090 g/mol. The maximum Gasteiger partial charge on any atom is 0 e. The molecule has 0 bridgehead atoms. The number of aromatic nitrogens is 3. The zero-order valence-corrected chi connectivity index (χ0v) is 40.4. The Morgan fingerprint density at radius 2 is 1.34 bits per heavy atom. The fraction of sp³-hybridized carbons (Fsp3) is 0.0690. The predicted molar refractivity (Wildman–Crippen MR) is 265 cm³/mol. The minimum Gasteiger partial charge on any atom is 0 e. The van der Waals surface area contributed by atoms with Crippen molar-refractivity contribution in [1.29, 1.82) is 0 Å². The molecule has 0 saturated carbocycles. The molecular weight excluding hydrogens is 1040 g/mol. The first kappa shape index (κ1) is 39.9. The predicted octanol–water partition coefficient (Wildman–Crippen LogP) is 14.9. The van der Waals surface area contributed by atoms with Crippen LogP contribution in [0.4, 0.5) is 4.39 Å². The normalized spacial score (nSPS) is 12.2. The van der Waals surface area contributed by atoms with E-state index in [1.807, 2.05) is 120 Å². The van der Waals surface area contributed by atoms with Crippen molar-refractivity contribution in [2.24, 2.45) is 0 Å². The summed E-state index contributed by atoms with van der Waals surface area (Å²) in [5.74, 6) is 7.24. The van der Waals surface area contributed by atoms with Crippen molar-refractivity contribution in [1.82, 2.24) is 14.5 Å². The second kappa shape index (κ2) is 18.4. The van der Waals surface area contributed by atoms with Gasteiger partial charge < -0.3 is 8.98 Å².